The molecular weight excluding hydrogens is 358 g/mol. The number of hydrogen-bond acceptors (Lipinski definition) is 5. The van der Waals surface area contributed by atoms with Crippen LogP contribution in [0.1, 0.15) is 17.0 Å². The van der Waals surface area contributed by atoms with Crippen LogP contribution < -0.4 is 0 Å². The Hall–Kier alpha value is -2.47. The van der Waals surface area contributed by atoms with Crippen LogP contribution >= 0.6 is 15.9 Å². The summed E-state index contributed by atoms with van der Waals surface area (Å²) in [7, 11) is 0. The number of nitrogens with zero attached hydrogens (tertiary/aromatic N) is 3. The highest BCUT2D eigenvalue weighted by atomic mass is 79.9. The van der Waals surface area contributed by atoms with E-state index in [4.69, 9.17) is 4.42 Å². The number of aromatic nitrogens is 2. The first kappa shape index (κ1) is 15.4. The first-order valence-electron chi connectivity index (χ1n) is 6.97. The number of hydrogen-bond donors (Lipinski definition) is 1. The van der Waals surface area contributed by atoms with Crippen molar-refractivity contribution in [1.82, 2.24) is 9.97 Å². The summed E-state index contributed by atoms with van der Waals surface area (Å²) < 4.78 is 6.15. The van der Waals surface area contributed by atoms with E-state index in [1.807, 2.05) is 50.2 Å². The van der Waals surface area contributed by atoms with Gasteiger partial charge in [-0.25, -0.2) is 15.0 Å². The zero-order valence-corrected chi connectivity index (χ0v) is 14.2. The molecule has 0 unspecified atom stereocenters. The predicted molar refractivity (Wildman–Crippen MR) is 92.3 cm³/mol. The Morgan fingerprint density at radius 3 is 2.70 bits per heavy atom. The van der Waals surface area contributed by atoms with Crippen molar-refractivity contribution in [2.45, 2.75) is 13.8 Å². The largest absolute Gasteiger partial charge is 0.479 e. The van der Waals surface area contributed by atoms with Crippen molar-refractivity contribution in [2.75, 3.05) is 0 Å². The lowest BCUT2D eigenvalue weighted by molar-refractivity contribution is 0.337. The van der Waals surface area contributed by atoms with E-state index in [-0.39, 0.29) is 11.6 Å². The molecule has 5 nitrogen and oxygen atoms in total. The maximum absolute atomic E-state index is 9.91. The lowest BCUT2D eigenvalue weighted by atomic mass is 10.2. The van der Waals surface area contributed by atoms with Gasteiger partial charge in [-0.15, -0.1) is 0 Å². The van der Waals surface area contributed by atoms with Crippen molar-refractivity contribution >= 4 is 28.0 Å². The van der Waals surface area contributed by atoms with E-state index in [1.165, 1.54) is 6.21 Å². The SMILES string of the molecule is Cc1cc(C)nc(N=Cc2nc(-c3ccccc3Br)oc2O)c1. The highest BCUT2D eigenvalue weighted by Crippen LogP contribution is 2.30. The molecule has 0 atom stereocenters. The molecule has 0 fully saturated rings. The fraction of sp³-hybridized carbons (Fsp3) is 0.118. The molecule has 3 aromatic rings. The number of benzene rings is 1. The van der Waals surface area contributed by atoms with Crippen molar-refractivity contribution in [3.63, 3.8) is 0 Å². The molecule has 3 rings (SSSR count). The molecule has 23 heavy (non-hydrogen) atoms. The molecule has 0 bridgehead atoms. The van der Waals surface area contributed by atoms with Gasteiger partial charge in [0.15, 0.2) is 11.5 Å². The number of oxazole rings is 1. The van der Waals surface area contributed by atoms with Crippen LogP contribution in [0.4, 0.5) is 5.82 Å². The molecule has 0 aliphatic heterocycles. The van der Waals surface area contributed by atoms with Gasteiger partial charge in [-0.05, 0) is 59.6 Å². The summed E-state index contributed by atoms with van der Waals surface area (Å²) in [4.78, 5) is 12.8. The zero-order valence-electron chi connectivity index (χ0n) is 12.6. The van der Waals surface area contributed by atoms with Crippen LogP contribution in [-0.2, 0) is 0 Å². The molecule has 6 heteroatoms. The van der Waals surface area contributed by atoms with Gasteiger partial charge in [-0.2, -0.15) is 0 Å². The highest BCUT2D eigenvalue weighted by molar-refractivity contribution is 9.10. The summed E-state index contributed by atoms with van der Waals surface area (Å²) in [6, 6.07) is 11.3. The number of aliphatic imine (C=N–C) groups is 1. The standard InChI is InChI=1S/C17H14BrN3O2/c1-10-7-11(2)20-15(8-10)19-9-14-17(22)23-16(21-14)12-5-3-4-6-13(12)18/h3-9,22H,1-2H3. The second kappa shape index (κ2) is 6.34. The van der Waals surface area contributed by atoms with Gasteiger partial charge in [0.1, 0.15) is 0 Å². The minimum atomic E-state index is -0.274. The van der Waals surface area contributed by atoms with Crippen molar-refractivity contribution in [1.29, 1.82) is 0 Å². The second-order valence-corrected chi connectivity index (χ2v) is 5.95. The van der Waals surface area contributed by atoms with Crippen LogP contribution in [0.5, 0.6) is 5.95 Å². The van der Waals surface area contributed by atoms with Crippen LogP contribution in [0.15, 0.2) is 50.3 Å². The topological polar surface area (TPSA) is 71.5 Å². The van der Waals surface area contributed by atoms with Crippen LogP contribution in [0.2, 0.25) is 0 Å². The molecular formula is C17H14BrN3O2. The normalized spacial score (nSPS) is 11.3. The van der Waals surface area contributed by atoms with Gasteiger partial charge < -0.3 is 9.52 Å². The van der Waals surface area contributed by atoms with Crippen LogP contribution in [-0.4, -0.2) is 21.3 Å². The van der Waals surface area contributed by atoms with Crippen LogP contribution in [0, 0.1) is 13.8 Å². The summed E-state index contributed by atoms with van der Waals surface area (Å²) in [5.74, 6) is 0.612. The molecule has 2 aromatic heterocycles. The third kappa shape index (κ3) is 3.48. The first-order valence-corrected chi connectivity index (χ1v) is 7.76. The molecule has 0 saturated carbocycles. The van der Waals surface area contributed by atoms with Crippen LogP contribution in [0.25, 0.3) is 11.5 Å². The number of rotatable bonds is 3. The maximum atomic E-state index is 9.91. The van der Waals surface area contributed by atoms with Crippen LogP contribution in [0.3, 0.4) is 0 Å². The number of aromatic hydroxyl groups is 1. The molecule has 0 spiro atoms. The van der Waals surface area contributed by atoms with Gasteiger partial charge in [0.25, 0.3) is 0 Å². The molecule has 0 aliphatic carbocycles. The number of aryl methyl sites for hydroxylation is 2. The van der Waals surface area contributed by atoms with Gasteiger partial charge in [-0.3, -0.25) is 0 Å². The molecule has 116 valence electrons. The van der Waals surface area contributed by atoms with E-state index in [1.54, 1.807) is 0 Å². The lowest BCUT2D eigenvalue weighted by Crippen LogP contribution is -1.86. The third-order valence-electron chi connectivity index (χ3n) is 3.14. The Morgan fingerprint density at radius 2 is 1.96 bits per heavy atom. The van der Waals surface area contributed by atoms with Crippen molar-refractivity contribution in [3.05, 3.63) is 57.8 Å². The summed E-state index contributed by atoms with van der Waals surface area (Å²) in [6.07, 6.45) is 1.44. The summed E-state index contributed by atoms with van der Waals surface area (Å²) in [5, 5.41) is 9.91. The van der Waals surface area contributed by atoms with Crippen molar-refractivity contribution < 1.29 is 9.52 Å². The van der Waals surface area contributed by atoms with Gasteiger partial charge in [0, 0.05) is 10.2 Å². The fourth-order valence-corrected chi connectivity index (χ4v) is 2.63. The average Bonchev–Trinajstić information content (AvgIpc) is 2.85. The minimum Gasteiger partial charge on any atom is -0.479 e. The zero-order chi connectivity index (χ0) is 16.4. The Kier molecular flexibility index (Phi) is 4.25. The first-order chi connectivity index (χ1) is 11.0. The Labute approximate surface area is 141 Å². The Morgan fingerprint density at radius 1 is 1.17 bits per heavy atom. The quantitative estimate of drug-likeness (QED) is 0.684. The third-order valence-corrected chi connectivity index (χ3v) is 3.83. The average molecular weight is 372 g/mol. The molecule has 0 saturated heterocycles. The Balaban J connectivity index is 1.92. The number of pyridine rings is 1. The smallest absolute Gasteiger partial charge is 0.312 e. The van der Waals surface area contributed by atoms with Crippen molar-refractivity contribution in [2.24, 2.45) is 4.99 Å². The van der Waals surface area contributed by atoms with Gasteiger partial charge in [-0.1, -0.05) is 12.1 Å². The van der Waals surface area contributed by atoms with Gasteiger partial charge >= 0.3 is 5.95 Å². The minimum absolute atomic E-state index is 0.261. The number of halogens is 1. The van der Waals surface area contributed by atoms with E-state index in [0.717, 1.165) is 21.3 Å². The molecule has 0 radical (unpaired) electrons. The van der Waals surface area contributed by atoms with E-state index < -0.39 is 0 Å². The molecule has 0 aliphatic rings. The summed E-state index contributed by atoms with van der Waals surface area (Å²) in [5.41, 5.74) is 2.97. The summed E-state index contributed by atoms with van der Waals surface area (Å²) in [6.45, 7) is 3.89. The monoisotopic (exact) mass is 371 g/mol. The maximum Gasteiger partial charge on any atom is 0.312 e. The lowest BCUT2D eigenvalue weighted by Gasteiger charge is -1.97. The van der Waals surface area contributed by atoms with E-state index in [0.29, 0.717) is 11.7 Å². The van der Waals surface area contributed by atoms with E-state index in [9.17, 15) is 5.11 Å². The second-order valence-electron chi connectivity index (χ2n) is 5.09. The highest BCUT2D eigenvalue weighted by Gasteiger charge is 2.14. The van der Waals surface area contributed by atoms with Crippen molar-refractivity contribution in [3.8, 4) is 17.4 Å². The predicted octanol–water partition coefficient (Wildman–Crippen LogP) is 4.57. The summed E-state index contributed by atoms with van der Waals surface area (Å²) >= 11 is 3.43. The molecule has 0 amide bonds. The Bertz CT molecular complexity index is 867. The van der Waals surface area contributed by atoms with Gasteiger partial charge in [0.05, 0.1) is 11.8 Å². The van der Waals surface area contributed by atoms with Gasteiger partial charge in [0.2, 0.25) is 5.89 Å². The van der Waals surface area contributed by atoms with E-state index in [2.05, 4.69) is 30.9 Å². The molecule has 1 N–H and O–H groups in total. The fourth-order valence-electron chi connectivity index (χ4n) is 2.17. The molecule has 2 heterocycles. The van der Waals surface area contributed by atoms with E-state index >= 15 is 0 Å². The molecule has 1 aromatic carbocycles.